The summed E-state index contributed by atoms with van der Waals surface area (Å²) in [5, 5.41) is 11.4. The molecule has 0 aromatic heterocycles. The number of nitrogens with two attached hydrogens (primary N) is 1. The molecule has 0 heterocycles. The molecule has 80 valence electrons. The Morgan fingerprint density at radius 2 is 2.43 bits per heavy atom. The number of nitrogens with zero attached hydrogens (tertiary/aromatic N) is 1. The minimum atomic E-state index is -0.962. The van der Waals surface area contributed by atoms with Gasteiger partial charge in [0.15, 0.2) is 0 Å². The largest absolute Gasteiger partial charge is 0.480 e. The van der Waals surface area contributed by atoms with Gasteiger partial charge in [0.05, 0.1) is 5.70 Å². The summed E-state index contributed by atoms with van der Waals surface area (Å²) in [5.74, 6) is -0.962. The maximum absolute atomic E-state index is 10.4. The van der Waals surface area contributed by atoms with Crippen molar-refractivity contribution in [2.75, 3.05) is 7.05 Å². The Kier molecular flexibility index (Phi) is 6.39. The lowest BCUT2D eigenvalue weighted by atomic mass is 10.1. The highest BCUT2D eigenvalue weighted by Gasteiger charge is 2.10. The lowest BCUT2D eigenvalue weighted by Gasteiger charge is -2.05. The first-order chi connectivity index (χ1) is 6.61. The summed E-state index contributed by atoms with van der Waals surface area (Å²) in [5.41, 5.74) is 6.15. The molecule has 0 unspecified atom stereocenters. The smallest absolute Gasteiger partial charge is 0.320 e. The van der Waals surface area contributed by atoms with Gasteiger partial charge in [-0.2, -0.15) is 0 Å². The Balaban J connectivity index is 3.77. The molecule has 5 nitrogen and oxygen atoms in total. The van der Waals surface area contributed by atoms with Crippen LogP contribution >= 0.6 is 0 Å². The summed E-state index contributed by atoms with van der Waals surface area (Å²) in [6.07, 6.45) is 3.57. The molecule has 0 bridgehead atoms. The van der Waals surface area contributed by atoms with Crippen LogP contribution in [-0.4, -0.2) is 30.9 Å². The van der Waals surface area contributed by atoms with Crippen LogP contribution in [0.25, 0.3) is 0 Å². The molecule has 0 saturated carbocycles. The summed E-state index contributed by atoms with van der Waals surface area (Å²) in [6.45, 7) is 3.41. The van der Waals surface area contributed by atoms with Gasteiger partial charge in [0.25, 0.3) is 0 Å². The fourth-order valence-corrected chi connectivity index (χ4v) is 0.990. The molecule has 0 saturated heterocycles. The van der Waals surface area contributed by atoms with Crippen molar-refractivity contribution in [1.29, 1.82) is 0 Å². The number of nitrogens with one attached hydrogen (secondary N) is 1. The molecule has 0 radical (unpaired) electrons. The molecule has 14 heavy (non-hydrogen) atoms. The van der Waals surface area contributed by atoms with Gasteiger partial charge in [-0.1, -0.05) is 0 Å². The van der Waals surface area contributed by atoms with Crippen LogP contribution in [0.2, 0.25) is 0 Å². The van der Waals surface area contributed by atoms with Crippen LogP contribution in [0.5, 0.6) is 0 Å². The first-order valence-electron chi connectivity index (χ1n) is 4.43. The zero-order chi connectivity index (χ0) is 11.0. The third kappa shape index (κ3) is 5.31. The van der Waals surface area contributed by atoms with Crippen LogP contribution in [0.1, 0.15) is 19.3 Å². The van der Waals surface area contributed by atoms with E-state index in [1.807, 2.05) is 0 Å². The zero-order valence-electron chi connectivity index (χ0n) is 8.36. The van der Waals surface area contributed by atoms with E-state index in [9.17, 15) is 4.79 Å². The number of carboxylic acids is 1. The molecular weight excluding hydrogens is 182 g/mol. The molecular formula is C9H17N3O2. The summed E-state index contributed by atoms with van der Waals surface area (Å²) in [4.78, 5) is 14.2. The van der Waals surface area contributed by atoms with Gasteiger partial charge in [-0.25, -0.2) is 0 Å². The van der Waals surface area contributed by atoms with Gasteiger partial charge >= 0.3 is 5.97 Å². The maximum atomic E-state index is 10.4. The number of carboxylic acid groups (broad SMARTS) is 1. The number of rotatable bonds is 7. The van der Waals surface area contributed by atoms with E-state index in [-0.39, 0.29) is 0 Å². The van der Waals surface area contributed by atoms with Crippen molar-refractivity contribution < 1.29 is 9.90 Å². The molecule has 0 amide bonds. The molecule has 0 aliphatic heterocycles. The molecule has 0 fully saturated rings. The van der Waals surface area contributed by atoms with E-state index < -0.39 is 12.0 Å². The highest BCUT2D eigenvalue weighted by atomic mass is 16.4. The molecule has 1 atom stereocenters. The number of hydrogen-bond acceptors (Lipinski definition) is 4. The van der Waals surface area contributed by atoms with E-state index in [0.717, 1.165) is 5.70 Å². The third-order valence-corrected chi connectivity index (χ3v) is 1.78. The topological polar surface area (TPSA) is 87.7 Å². The Morgan fingerprint density at radius 1 is 1.79 bits per heavy atom. The van der Waals surface area contributed by atoms with E-state index in [1.165, 1.54) is 0 Å². The Morgan fingerprint density at radius 3 is 2.86 bits per heavy atom. The highest BCUT2D eigenvalue weighted by molar-refractivity contribution is 5.72. The second-order valence-electron chi connectivity index (χ2n) is 2.92. The average molecular weight is 199 g/mol. The minimum absolute atomic E-state index is 0.450. The Hall–Kier alpha value is -1.36. The van der Waals surface area contributed by atoms with E-state index in [2.05, 4.69) is 17.0 Å². The van der Waals surface area contributed by atoms with Crippen molar-refractivity contribution >= 4 is 12.7 Å². The zero-order valence-corrected chi connectivity index (χ0v) is 8.36. The average Bonchev–Trinajstić information content (AvgIpc) is 2.16. The predicted octanol–water partition coefficient (Wildman–Crippen LogP) is 0.330. The minimum Gasteiger partial charge on any atom is -0.480 e. The van der Waals surface area contributed by atoms with E-state index in [1.54, 1.807) is 13.2 Å². The SMILES string of the molecule is C=N/C(=C\NC)CCC[C@H](N)C(=O)O. The molecule has 4 N–H and O–H groups in total. The van der Waals surface area contributed by atoms with Crippen LogP contribution < -0.4 is 11.1 Å². The van der Waals surface area contributed by atoms with Crippen molar-refractivity contribution in [2.45, 2.75) is 25.3 Å². The monoisotopic (exact) mass is 199 g/mol. The highest BCUT2D eigenvalue weighted by Crippen LogP contribution is 2.08. The number of allylic oxidation sites excluding steroid dienone is 1. The number of hydrogen-bond donors (Lipinski definition) is 3. The Labute approximate surface area is 83.7 Å². The number of aliphatic imine (C=N–C) groups is 1. The quantitative estimate of drug-likeness (QED) is 0.515. The van der Waals surface area contributed by atoms with E-state index in [0.29, 0.717) is 19.3 Å². The number of aliphatic carboxylic acids is 1. The summed E-state index contributed by atoms with van der Waals surface area (Å²) in [7, 11) is 1.77. The number of carbonyl (C=O) groups is 1. The second-order valence-corrected chi connectivity index (χ2v) is 2.92. The summed E-state index contributed by atoms with van der Waals surface area (Å²) < 4.78 is 0. The van der Waals surface area contributed by atoms with Gasteiger partial charge in [0.2, 0.25) is 0 Å². The van der Waals surface area contributed by atoms with Gasteiger partial charge in [0, 0.05) is 13.2 Å². The maximum Gasteiger partial charge on any atom is 0.320 e. The predicted molar refractivity (Wildman–Crippen MR) is 56.2 cm³/mol. The van der Waals surface area contributed by atoms with E-state index in [4.69, 9.17) is 10.8 Å². The van der Waals surface area contributed by atoms with Gasteiger partial charge < -0.3 is 16.2 Å². The summed E-state index contributed by atoms with van der Waals surface area (Å²) >= 11 is 0. The van der Waals surface area contributed by atoms with Crippen LogP contribution in [0.4, 0.5) is 0 Å². The van der Waals surface area contributed by atoms with Gasteiger partial charge in [-0.05, 0) is 26.0 Å². The van der Waals surface area contributed by atoms with Crippen LogP contribution in [-0.2, 0) is 4.79 Å². The molecule has 0 aliphatic carbocycles. The Bertz CT molecular complexity index is 226. The first kappa shape index (κ1) is 12.6. The van der Waals surface area contributed by atoms with Crippen molar-refractivity contribution in [3.8, 4) is 0 Å². The molecule has 5 heteroatoms. The normalized spacial score (nSPS) is 13.4. The lowest BCUT2D eigenvalue weighted by molar-refractivity contribution is -0.138. The van der Waals surface area contributed by atoms with Gasteiger partial charge in [0.1, 0.15) is 6.04 Å². The molecule has 0 aromatic carbocycles. The first-order valence-corrected chi connectivity index (χ1v) is 4.43. The van der Waals surface area contributed by atoms with Crippen molar-refractivity contribution in [3.63, 3.8) is 0 Å². The van der Waals surface area contributed by atoms with Crippen molar-refractivity contribution in [2.24, 2.45) is 10.7 Å². The summed E-state index contributed by atoms with van der Waals surface area (Å²) in [6, 6.07) is -0.782. The van der Waals surface area contributed by atoms with Crippen LogP contribution in [0.15, 0.2) is 16.9 Å². The van der Waals surface area contributed by atoms with Gasteiger partial charge in [-0.15, -0.1) is 0 Å². The lowest BCUT2D eigenvalue weighted by Crippen LogP contribution is -2.29. The second kappa shape index (κ2) is 7.08. The fourth-order valence-electron chi connectivity index (χ4n) is 0.990. The third-order valence-electron chi connectivity index (χ3n) is 1.78. The molecule has 0 rings (SSSR count). The fraction of sp³-hybridized carbons (Fsp3) is 0.556. The molecule has 0 spiro atoms. The molecule has 0 aliphatic rings. The van der Waals surface area contributed by atoms with Crippen LogP contribution in [0.3, 0.4) is 0 Å². The standard InChI is InChI=1S/C9H17N3O2/c1-11-6-7(12-2)4-3-5-8(10)9(13)14/h6,8,11H,2-5,10H2,1H3,(H,13,14)/b7-6-/t8-/m0/s1. The molecule has 0 aromatic rings. The van der Waals surface area contributed by atoms with Crippen molar-refractivity contribution in [3.05, 3.63) is 11.9 Å². The van der Waals surface area contributed by atoms with Crippen molar-refractivity contribution in [1.82, 2.24) is 5.32 Å². The van der Waals surface area contributed by atoms with Gasteiger partial charge in [-0.3, -0.25) is 9.79 Å². The van der Waals surface area contributed by atoms with Crippen LogP contribution in [0, 0.1) is 0 Å². The van der Waals surface area contributed by atoms with E-state index >= 15 is 0 Å².